The van der Waals surface area contributed by atoms with Crippen LogP contribution in [0.25, 0.3) is 11.3 Å². The summed E-state index contributed by atoms with van der Waals surface area (Å²) in [6, 6.07) is 6.23. The first-order valence-electron chi connectivity index (χ1n) is 15.7. The van der Waals surface area contributed by atoms with Crippen LogP contribution in [0.5, 0.6) is 5.88 Å². The molecule has 1 aromatic carbocycles. The largest absolute Gasteiger partial charge is 0.481 e. The summed E-state index contributed by atoms with van der Waals surface area (Å²) in [6.45, 7) is 9.45. The molecule has 0 saturated heterocycles. The minimum Gasteiger partial charge on any atom is -0.481 e. The number of ether oxygens (including phenoxy) is 4. The van der Waals surface area contributed by atoms with E-state index < -0.39 is 29.6 Å². The van der Waals surface area contributed by atoms with Gasteiger partial charge in [0.2, 0.25) is 11.8 Å². The van der Waals surface area contributed by atoms with Crippen LogP contribution in [0.3, 0.4) is 0 Å². The van der Waals surface area contributed by atoms with Crippen molar-refractivity contribution in [3.8, 4) is 17.1 Å². The molecule has 3 aromatic rings. The van der Waals surface area contributed by atoms with Crippen LogP contribution in [0.4, 0.5) is 15.6 Å². The van der Waals surface area contributed by atoms with Gasteiger partial charge in [0.25, 0.3) is 0 Å². The number of hydrogen-bond donors (Lipinski definition) is 5. The van der Waals surface area contributed by atoms with Crippen molar-refractivity contribution in [3.05, 3.63) is 47.7 Å². The molecule has 15 nitrogen and oxygen atoms in total. The molecular formula is C32H43N7O8S2. The molecule has 49 heavy (non-hydrogen) atoms. The number of nitrogens with zero attached hydrogens (tertiary/aromatic N) is 3. The fraction of sp³-hybridized carbons (Fsp3) is 0.500. The van der Waals surface area contributed by atoms with E-state index >= 15 is 0 Å². The van der Waals surface area contributed by atoms with Gasteiger partial charge in [-0.15, -0.1) is 11.3 Å². The molecule has 0 aliphatic heterocycles. The molecule has 0 spiro atoms. The summed E-state index contributed by atoms with van der Waals surface area (Å²) in [7, 11) is 0. The van der Waals surface area contributed by atoms with Crippen molar-refractivity contribution in [2.45, 2.75) is 57.4 Å². The Morgan fingerprint density at radius 1 is 1.12 bits per heavy atom. The first-order chi connectivity index (χ1) is 23.4. The summed E-state index contributed by atoms with van der Waals surface area (Å²) in [5, 5.41) is 16.6. The molecule has 266 valence electrons. The van der Waals surface area contributed by atoms with E-state index in [9.17, 15) is 14.4 Å². The van der Waals surface area contributed by atoms with Crippen molar-refractivity contribution in [3.63, 3.8) is 0 Å². The molecule has 0 radical (unpaired) electrons. The highest BCUT2D eigenvalue weighted by Gasteiger charge is 2.62. The summed E-state index contributed by atoms with van der Waals surface area (Å²) in [4.78, 5) is 48.9. The summed E-state index contributed by atoms with van der Waals surface area (Å²) < 4.78 is 25.0. The highest BCUT2D eigenvalue weighted by Crippen LogP contribution is 2.61. The summed E-state index contributed by atoms with van der Waals surface area (Å²) in [5.41, 5.74) is 7.72. The summed E-state index contributed by atoms with van der Waals surface area (Å²) in [5.74, 6) is -0.863. The molecule has 3 unspecified atom stereocenters. The second-order valence-electron chi connectivity index (χ2n) is 11.8. The molecule has 1 aliphatic carbocycles. The van der Waals surface area contributed by atoms with Crippen molar-refractivity contribution in [1.82, 2.24) is 20.3 Å². The van der Waals surface area contributed by atoms with Gasteiger partial charge in [-0.25, -0.2) is 14.8 Å². The Hall–Kier alpha value is -4.03. The number of amides is 2. The number of aliphatic carboxylic acids is 1. The highest BCUT2D eigenvalue weighted by atomic mass is 32.2. The van der Waals surface area contributed by atoms with Crippen LogP contribution in [-0.4, -0.2) is 88.5 Å². The maximum Gasteiger partial charge on any atom is 0.407 e. The maximum atomic E-state index is 12.9. The average Bonchev–Trinajstić information content (AvgIpc) is 3.52. The van der Waals surface area contributed by atoms with Gasteiger partial charge in [-0.3, -0.25) is 14.6 Å². The van der Waals surface area contributed by atoms with E-state index in [1.54, 1.807) is 29.9 Å². The molecule has 3 atom stereocenters. The molecule has 1 aliphatic rings. The predicted octanol–water partition coefficient (Wildman–Crippen LogP) is 4.49. The second-order valence-corrected chi connectivity index (χ2v) is 13.7. The zero-order valence-electron chi connectivity index (χ0n) is 27.9. The Labute approximate surface area is 293 Å². The Bertz CT molecular complexity index is 1560. The van der Waals surface area contributed by atoms with Crippen molar-refractivity contribution in [2.75, 3.05) is 49.6 Å². The first kappa shape index (κ1) is 37.8. The minimum absolute atomic E-state index is 0.0554. The van der Waals surface area contributed by atoms with Crippen LogP contribution in [-0.2, 0) is 23.8 Å². The monoisotopic (exact) mass is 717 g/mol. The van der Waals surface area contributed by atoms with Crippen LogP contribution in [0.2, 0.25) is 0 Å². The predicted molar refractivity (Wildman–Crippen MR) is 186 cm³/mol. The van der Waals surface area contributed by atoms with Gasteiger partial charge in [-0.2, -0.15) is 0 Å². The van der Waals surface area contributed by atoms with E-state index in [0.717, 1.165) is 12.0 Å². The van der Waals surface area contributed by atoms with Gasteiger partial charge in [0.1, 0.15) is 11.6 Å². The van der Waals surface area contributed by atoms with Crippen molar-refractivity contribution in [2.24, 2.45) is 11.1 Å². The Morgan fingerprint density at radius 2 is 1.86 bits per heavy atom. The van der Waals surface area contributed by atoms with Gasteiger partial charge in [-0.1, -0.05) is 19.1 Å². The van der Waals surface area contributed by atoms with E-state index in [1.807, 2.05) is 32.9 Å². The third-order valence-electron chi connectivity index (χ3n) is 8.00. The van der Waals surface area contributed by atoms with Crippen molar-refractivity contribution in [1.29, 1.82) is 0 Å². The molecule has 1 fully saturated rings. The maximum absolute atomic E-state index is 12.9. The van der Waals surface area contributed by atoms with Crippen LogP contribution >= 0.6 is 23.3 Å². The molecule has 2 amide bonds. The van der Waals surface area contributed by atoms with Gasteiger partial charge in [0, 0.05) is 33.8 Å². The zero-order chi connectivity index (χ0) is 35.4. The number of rotatable bonds is 20. The second kappa shape index (κ2) is 17.6. The SMILES string of the molecule is CCOc1cncc(-c2ccc(NC(=O)C(N)c3csc(NSC4CC4(C)C(C)(C)OC(=O)NCCOCCOCCC(=O)O)n3)cc2)n1. The normalized spacial score (nSPS) is 17.5. The van der Waals surface area contributed by atoms with E-state index in [2.05, 4.69) is 37.2 Å². The van der Waals surface area contributed by atoms with Crippen LogP contribution < -0.4 is 25.8 Å². The van der Waals surface area contributed by atoms with E-state index in [1.165, 1.54) is 23.3 Å². The number of carboxylic acid groups (broad SMARTS) is 1. The van der Waals surface area contributed by atoms with Crippen molar-refractivity contribution >= 4 is 52.1 Å². The molecule has 6 N–H and O–H groups in total. The summed E-state index contributed by atoms with van der Waals surface area (Å²) >= 11 is 2.84. The third-order valence-corrected chi connectivity index (χ3v) is 10.2. The number of carbonyl (C=O) groups excluding carboxylic acids is 2. The van der Waals surface area contributed by atoms with E-state index in [-0.39, 0.29) is 43.5 Å². The molecule has 4 rings (SSSR count). The lowest BCUT2D eigenvalue weighted by molar-refractivity contribution is -0.138. The highest BCUT2D eigenvalue weighted by molar-refractivity contribution is 8.01. The standard InChI is InChI=1S/C32H43N7O8S2/c1-5-46-25-18-34-17-22(37-25)20-6-8-21(9-7-20)36-28(42)27(33)23-19-48-29(38-23)39-49-24-16-32(24,4)31(2,3)47-30(43)35-11-13-45-15-14-44-12-10-26(40)41/h6-9,17-19,24,27H,5,10-16,33H2,1-4H3,(H,35,43)(H,36,42)(H,38,39)(H,40,41). The number of aromatic nitrogens is 3. The number of alkyl carbamates (subject to hydrolysis) is 1. The van der Waals surface area contributed by atoms with Crippen LogP contribution in [0.1, 0.15) is 52.3 Å². The number of anilines is 2. The fourth-order valence-corrected chi connectivity index (χ4v) is 6.79. The quantitative estimate of drug-likeness (QED) is 0.0806. The van der Waals surface area contributed by atoms with Gasteiger partial charge < -0.3 is 45.1 Å². The van der Waals surface area contributed by atoms with Gasteiger partial charge in [-0.05, 0) is 51.3 Å². The number of benzene rings is 1. The minimum atomic E-state index is -0.968. The molecule has 0 bridgehead atoms. The van der Waals surface area contributed by atoms with Gasteiger partial charge in [0.15, 0.2) is 5.13 Å². The fourth-order valence-electron chi connectivity index (χ4n) is 4.60. The molecular weight excluding hydrogens is 675 g/mol. The Kier molecular flexibility index (Phi) is 13.6. The van der Waals surface area contributed by atoms with Crippen molar-refractivity contribution < 1.29 is 38.4 Å². The Morgan fingerprint density at radius 3 is 2.57 bits per heavy atom. The first-order valence-corrected chi connectivity index (χ1v) is 17.5. The summed E-state index contributed by atoms with van der Waals surface area (Å²) in [6.07, 6.45) is 3.43. The number of carbonyl (C=O) groups is 3. The topological polar surface area (TPSA) is 209 Å². The smallest absolute Gasteiger partial charge is 0.407 e. The average molecular weight is 718 g/mol. The molecule has 17 heteroatoms. The van der Waals surface area contributed by atoms with Gasteiger partial charge >= 0.3 is 12.1 Å². The molecule has 1 saturated carbocycles. The number of nitrogens with one attached hydrogen (secondary N) is 3. The number of hydrogen-bond acceptors (Lipinski definition) is 14. The molecule has 2 heterocycles. The molecule has 2 aromatic heterocycles. The lowest BCUT2D eigenvalue weighted by Crippen LogP contribution is -2.42. The lowest BCUT2D eigenvalue weighted by Gasteiger charge is -2.32. The number of thiazole rings is 1. The van der Waals surface area contributed by atoms with Crippen LogP contribution in [0, 0.1) is 5.41 Å². The lowest BCUT2D eigenvalue weighted by atomic mass is 9.89. The van der Waals surface area contributed by atoms with E-state index in [0.29, 0.717) is 41.3 Å². The Balaban J connectivity index is 1.16. The van der Waals surface area contributed by atoms with Crippen LogP contribution in [0.15, 0.2) is 42.0 Å². The van der Waals surface area contributed by atoms with Gasteiger partial charge in [0.05, 0.1) is 63.2 Å². The number of carboxylic acids is 1. The third kappa shape index (κ3) is 11.0. The van der Waals surface area contributed by atoms with E-state index in [4.69, 9.17) is 29.8 Å². The number of nitrogens with two attached hydrogens (primary N) is 1. The zero-order valence-corrected chi connectivity index (χ0v) is 29.5.